The van der Waals surface area contributed by atoms with Crippen molar-refractivity contribution in [3.8, 4) is 0 Å². The lowest BCUT2D eigenvalue weighted by atomic mass is 9.93. The van der Waals surface area contributed by atoms with Gasteiger partial charge in [-0.3, -0.25) is 9.69 Å². The van der Waals surface area contributed by atoms with E-state index in [1.807, 2.05) is 11.0 Å². The molecule has 3 heterocycles. The molecule has 3 aliphatic rings. The Morgan fingerprint density at radius 1 is 1.05 bits per heavy atom. The average Bonchev–Trinajstić information content (AvgIpc) is 3.60. The highest BCUT2D eigenvalue weighted by atomic mass is 19.1. The number of amides is 1. The number of carbonyl (C=O) groups is 1. The maximum Gasteiger partial charge on any atom is 0.219 e. The Morgan fingerprint density at radius 2 is 1.84 bits per heavy atom. The number of aryl methyl sites for hydroxylation is 2. The fourth-order valence-corrected chi connectivity index (χ4v) is 7.05. The molecule has 2 aromatic carbocycles. The van der Waals surface area contributed by atoms with Gasteiger partial charge < -0.3 is 19.3 Å². The number of anilines is 1. The van der Waals surface area contributed by atoms with Crippen molar-refractivity contribution in [3.05, 3.63) is 65.1 Å². The number of halogens is 1. The standard InChI is InChI=1S/C30H38FN5O/c1-20(37)34-12-14-35(15-13-34)22-9-10-23-24(17-33(4)28(23)16-22)25-18-36(19-29(25)32(2)3)27-11-8-21-6-5-7-26(31)30(21)27/h5-7,9-10,16-17,25,27,29H,8,11-15,18-19H2,1-4H3/t25-,27?,29+/m1/s1. The number of aromatic nitrogens is 1. The van der Waals surface area contributed by atoms with Crippen molar-refractivity contribution in [2.75, 3.05) is 58.3 Å². The summed E-state index contributed by atoms with van der Waals surface area (Å²) in [5.74, 6) is 0.471. The van der Waals surface area contributed by atoms with Gasteiger partial charge in [0.1, 0.15) is 5.82 Å². The van der Waals surface area contributed by atoms with Crippen LogP contribution in [-0.4, -0.2) is 84.6 Å². The summed E-state index contributed by atoms with van der Waals surface area (Å²) in [5.41, 5.74) is 5.96. The van der Waals surface area contributed by atoms with Crippen LogP contribution in [-0.2, 0) is 18.3 Å². The molecule has 1 unspecified atom stereocenters. The van der Waals surface area contributed by atoms with Crippen LogP contribution in [0.25, 0.3) is 10.9 Å². The van der Waals surface area contributed by atoms with Gasteiger partial charge in [-0.2, -0.15) is 0 Å². The van der Waals surface area contributed by atoms with E-state index >= 15 is 0 Å². The number of hydrogen-bond acceptors (Lipinski definition) is 4. The molecule has 196 valence electrons. The molecule has 3 atom stereocenters. The van der Waals surface area contributed by atoms with Crippen LogP contribution in [0.5, 0.6) is 0 Å². The van der Waals surface area contributed by atoms with Gasteiger partial charge in [0, 0.05) is 94.1 Å². The predicted molar refractivity (Wildman–Crippen MR) is 147 cm³/mol. The Kier molecular flexibility index (Phi) is 6.24. The van der Waals surface area contributed by atoms with Gasteiger partial charge in [-0.25, -0.2) is 4.39 Å². The Balaban J connectivity index is 1.28. The third kappa shape index (κ3) is 4.22. The maximum atomic E-state index is 14.9. The molecule has 6 rings (SSSR count). The second kappa shape index (κ2) is 9.44. The smallest absolute Gasteiger partial charge is 0.219 e. The largest absolute Gasteiger partial charge is 0.368 e. The lowest BCUT2D eigenvalue weighted by Crippen LogP contribution is -2.48. The maximum absolute atomic E-state index is 14.9. The lowest BCUT2D eigenvalue weighted by molar-refractivity contribution is -0.129. The van der Waals surface area contributed by atoms with Crippen molar-refractivity contribution in [2.24, 2.45) is 7.05 Å². The van der Waals surface area contributed by atoms with Gasteiger partial charge >= 0.3 is 0 Å². The van der Waals surface area contributed by atoms with Gasteiger partial charge in [0.05, 0.1) is 5.52 Å². The Morgan fingerprint density at radius 3 is 2.57 bits per heavy atom. The normalized spacial score (nSPS) is 24.4. The molecule has 1 amide bonds. The van der Waals surface area contributed by atoms with Gasteiger partial charge in [0.25, 0.3) is 0 Å². The zero-order valence-electron chi connectivity index (χ0n) is 22.5. The summed E-state index contributed by atoms with van der Waals surface area (Å²) in [4.78, 5) is 20.9. The Bertz CT molecular complexity index is 1320. The van der Waals surface area contributed by atoms with E-state index in [4.69, 9.17) is 0 Å². The molecule has 0 N–H and O–H groups in total. The van der Waals surface area contributed by atoms with Gasteiger partial charge in [-0.15, -0.1) is 0 Å². The molecule has 1 aromatic heterocycles. The SMILES string of the molecule is CC(=O)N1CCN(c2ccc3c([C@H]4CN(C5CCc6cccc(F)c65)C[C@@H]4N(C)C)cn(C)c3c2)CC1. The first-order chi connectivity index (χ1) is 17.8. The highest BCUT2D eigenvalue weighted by Crippen LogP contribution is 2.44. The number of rotatable bonds is 4. The summed E-state index contributed by atoms with van der Waals surface area (Å²) in [6.07, 6.45) is 4.28. The first-order valence-corrected chi connectivity index (χ1v) is 13.6. The number of piperazine rings is 1. The van der Waals surface area contributed by atoms with Crippen molar-refractivity contribution in [1.82, 2.24) is 19.3 Å². The van der Waals surface area contributed by atoms with Gasteiger partial charge in [0.15, 0.2) is 0 Å². The summed E-state index contributed by atoms with van der Waals surface area (Å²) in [6, 6.07) is 12.9. The monoisotopic (exact) mass is 503 g/mol. The molecule has 2 aliphatic heterocycles. The number of fused-ring (bicyclic) bond motifs is 2. The molecule has 3 aromatic rings. The van der Waals surface area contributed by atoms with Crippen LogP contribution in [0.15, 0.2) is 42.6 Å². The molecular weight excluding hydrogens is 465 g/mol. The van der Waals surface area contributed by atoms with Crippen LogP contribution < -0.4 is 4.90 Å². The van der Waals surface area contributed by atoms with Crippen molar-refractivity contribution < 1.29 is 9.18 Å². The van der Waals surface area contributed by atoms with Crippen LogP contribution in [0.4, 0.5) is 10.1 Å². The summed E-state index contributed by atoms with van der Waals surface area (Å²) in [5, 5.41) is 1.31. The molecule has 1 aliphatic carbocycles. The van der Waals surface area contributed by atoms with Gasteiger partial charge in [-0.1, -0.05) is 18.2 Å². The molecule has 37 heavy (non-hydrogen) atoms. The van der Waals surface area contributed by atoms with Crippen LogP contribution in [0, 0.1) is 5.82 Å². The second-order valence-corrected chi connectivity index (χ2v) is 11.3. The Hall–Kier alpha value is -2.90. The number of hydrogen-bond donors (Lipinski definition) is 0. The van der Waals surface area contributed by atoms with Crippen LogP contribution in [0.1, 0.15) is 42.0 Å². The molecule has 2 fully saturated rings. The van der Waals surface area contributed by atoms with Crippen molar-refractivity contribution >= 4 is 22.5 Å². The number of carbonyl (C=O) groups excluding carboxylic acids is 1. The van der Waals surface area contributed by atoms with Crippen molar-refractivity contribution in [1.29, 1.82) is 0 Å². The van der Waals surface area contributed by atoms with Crippen LogP contribution in [0.2, 0.25) is 0 Å². The number of benzene rings is 2. The molecular formula is C30H38FN5O. The van der Waals surface area contributed by atoms with Gasteiger partial charge in [-0.05, 0) is 56.3 Å². The fraction of sp³-hybridized carbons (Fsp3) is 0.500. The van der Waals surface area contributed by atoms with E-state index < -0.39 is 0 Å². The summed E-state index contributed by atoms with van der Waals surface area (Å²) in [6.45, 7) is 6.82. The third-order valence-electron chi connectivity index (χ3n) is 9.08. The highest BCUT2D eigenvalue weighted by molar-refractivity contribution is 5.88. The zero-order chi connectivity index (χ0) is 25.8. The van der Waals surface area contributed by atoms with E-state index in [2.05, 4.69) is 70.9 Å². The van der Waals surface area contributed by atoms with E-state index in [1.54, 1.807) is 13.0 Å². The molecule has 0 radical (unpaired) electrons. The lowest BCUT2D eigenvalue weighted by Gasteiger charge is -2.35. The van der Waals surface area contributed by atoms with E-state index in [1.165, 1.54) is 27.7 Å². The molecule has 7 heteroatoms. The molecule has 0 bridgehead atoms. The van der Waals surface area contributed by atoms with E-state index in [0.717, 1.165) is 57.7 Å². The molecule has 0 spiro atoms. The highest BCUT2D eigenvalue weighted by Gasteiger charge is 2.42. The molecule has 0 saturated carbocycles. The molecule has 6 nitrogen and oxygen atoms in total. The minimum atomic E-state index is -0.0494. The zero-order valence-corrected chi connectivity index (χ0v) is 22.5. The average molecular weight is 504 g/mol. The fourth-order valence-electron chi connectivity index (χ4n) is 7.05. The number of nitrogens with zero attached hydrogens (tertiary/aromatic N) is 5. The van der Waals surface area contributed by atoms with Crippen LogP contribution in [0.3, 0.4) is 0 Å². The Labute approximate surface area is 219 Å². The van der Waals surface area contributed by atoms with E-state index in [-0.39, 0.29) is 17.8 Å². The quantitative estimate of drug-likeness (QED) is 0.539. The predicted octanol–water partition coefficient (Wildman–Crippen LogP) is 4.00. The third-order valence-corrected chi connectivity index (χ3v) is 9.08. The van der Waals surface area contributed by atoms with Crippen molar-refractivity contribution in [3.63, 3.8) is 0 Å². The topological polar surface area (TPSA) is 35.0 Å². The minimum absolute atomic E-state index is 0.0494. The molecule has 2 saturated heterocycles. The second-order valence-electron chi connectivity index (χ2n) is 11.3. The summed E-state index contributed by atoms with van der Waals surface area (Å²) in [7, 11) is 6.49. The number of likely N-dealkylation sites (N-methyl/N-ethyl adjacent to an activating group) is 1. The summed E-state index contributed by atoms with van der Waals surface area (Å²) >= 11 is 0. The minimum Gasteiger partial charge on any atom is -0.368 e. The van der Waals surface area contributed by atoms with Gasteiger partial charge in [0.2, 0.25) is 5.91 Å². The van der Waals surface area contributed by atoms with Crippen LogP contribution >= 0.6 is 0 Å². The first-order valence-electron chi connectivity index (χ1n) is 13.6. The van der Waals surface area contributed by atoms with E-state index in [9.17, 15) is 9.18 Å². The number of likely N-dealkylation sites (tertiary alicyclic amines) is 1. The summed E-state index contributed by atoms with van der Waals surface area (Å²) < 4.78 is 17.1. The van der Waals surface area contributed by atoms with Crippen molar-refractivity contribution in [2.45, 2.75) is 37.8 Å². The van der Waals surface area contributed by atoms with E-state index in [0.29, 0.717) is 12.0 Å². The first kappa shape index (κ1) is 24.4.